The van der Waals surface area contributed by atoms with Gasteiger partial charge in [0.2, 0.25) is 0 Å². The number of aliphatic carboxylic acids is 1. The van der Waals surface area contributed by atoms with Crippen LogP contribution in [-0.2, 0) is 16.0 Å². The molecule has 0 spiro atoms. The smallest absolute Gasteiger partial charge is 0.326 e. The lowest BCUT2D eigenvalue weighted by molar-refractivity contribution is -0.148. The van der Waals surface area contributed by atoms with Gasteiger partial charge in [-0.3, -0.25) is 4.79 Å². The number of carboxylic acids is 1. The highest BCUT2D eigenvalue weighted by Gasteiger charge is 2.36. The highest BCUT2D eigenvalue weighted by molar-refractivity contribution is 5.94. The van der Waals surface area contributed by atoms with Gasteiger partial charge in [-0.2, -0.15) is 0 Å². The molecule has 1 aromatic carbocycles. The van der Waals surface area contributed by atoms with E-state index in [9.17, 15) is 14.7 Å². The van der Waals surface area contributed by atoms with E-state index < -0.39 is 12.0 Å². The number of nitrogens with zero attached hydrogens (tertiary/aromatic N) is 1. The Balaban J connectivity index is 1.67. The van der Waals surface area contributed by atoms with Crippen LogP contribution in [0.15, 0.2) is 36.1 Å². The summed E-state index contributed by atoms with van der Waals surface area (Å²) in [5.41, 5.74) is 1.10. The number of para-hydroxylation sites is 1. The summed E-state index contributed by atoms with van der Waals surface area (Å²) < 4.78 is 5.99. The standard InChI is InChI=1S/C22H29NO4/c1-2-8-17-11-6-7-12-20(17)27-18-14-21(24)23(15-18)19(22(25)26)13-16-9-4-3-5-10-16/h6-7,11-12,14,16,19H,2-5,8-10,13,15H2,1H3,(H,25,26). The number of hydrogen-bond acceptors (Lipinski definition) is 3. The number of carbonyl (C=O) groups is 2. The molecule has 1 unspecified atom stereocenters. The number of hydrogen-bond donors (Lipinski definition) is 1. The number of amides is 1. The van der Waals surface area contributed by atoms with E-state index in [0.29, 0.717) is 18.1 Å². The molecule has 5 nitrogen and oxygen atoms in total. The maximum Gasteiger partial charge on any atom is 0.326 e. The van der Waals surface area contributed by atoms with Crippen LogP contribution >= 0.6 is 0 Å². The topological polar surface area (TPSA) is 66.8 Å². The summed E-state index contributed by atoms with van der Waals surface area (Å²) in [7, 11) is 0. The molecule has 0 bridgehead atoms. The molecule has 146 valence electrons. The van der Waals surface area contributed by atoms with Crippen LogP contribution in [0.2, 0.25) is 0 Å². The van der Waals surface area contributed by atoms with Crippen molar-refractivity contribution < 1.29 is 19.4 Å². The molecule has 0 saturated heterocycles. The molecule has 1 heterocycles. The molecule has 1 amide bonds. The normalized spacial score (nSPS) is 19.1. The van der Waals surface area contributed by atoms with Gasteiger partial charge in [0.1, 0.15) is 17.6 Å². The zero-order valence-electron chi connectivity index (χ0n) is 16.0. The van der Waals surface area contributed by atoms with E-state index in [1.807, 2.05) is 24.3 Å². The molecule has 0 radical (unpaired) electrons. The summed E-state index contributed by atoms with van der Waals surface area (Å²) in [5.74, 6) is 0.483. The largest absolute Gasteiger partial charge is 0.480 e. The summed E-state index contributed by atoms with van der Waals surface area (Å²) in [6.07, 6.45) is 9.56. The Morgan fingerprint density at radius 3 is 2.70 bits per heavy atom. The number of aryl methyl sites for hydroxylation is 1. The quantitative estimate of drug-likeness (QED) is 0.745. The lowest BCUT2D eigenvalue weighted by atomic mass is 9.84. The number of ether oxygens (including phenoxy) is 1. The van der Waals surface area contributed by atoms with E-state index in [1.54, 1.807) is 0 Å². The van der Waals surface area contributed by atoms with Crippen LogP contribution in [0.25, 0.3) is 0 Å². The second kappa shape index (κ2) is 9.07. The van der Waals surface area contributed by atoms with Crippen LogP contribution < -0.4 is 4.74 Å². The first-order valence-corrected chi connectivity index (χ1v) is 10.1. The summed E-state index contributed by atoms with van der Waals surface area (Å²) in [6, 6.07) is 7.03. The Morgan fingerprint density at radius 1 is 1.26 bits per heavy atom. The minimum atomic E-state index is -0.921. The van der Waals surface area contributed by atoms with Gasteiger partial charge in [0.25, 0.3) is 5.91 Å². The fourth-order valence-corrected chi connectivity index (χ4v) is 4.16. The van der Waals surface area contributed by atoms with Gasteiger partial charge in [0.05, 0.1) is 6.54 Å². The first-order chi connectivity index (χ1) is 13.1. The maximum absolute atomic E-state index is 12.5. The van der Waals surface area contributed by atoms with Crippen LogP contribution in [0.1, 0.15) is 57.4 Å². The van der Waals surface area contributed by atoms with E-state index in [1.165, 1.54) is 17.4 Å². The van der Waals surface area contributed by atoms with Gasteiger partial charge >= 0.3 is 5.97 Å². The molecule has 1 aliphatic heterocycles. The fraction of sp³-hybridized carbons (Fsp3) is 0.545. The minimum Gasteiger partial charge on any atom is -0.480 e. The van der Waals surface area contributed by atoms with Gasteiger partial charge in [0, 0.05) is 6.08 Å². The third-order valence-electron chi connectivity index (χ3n) is 5.57. The average molecular weight is 371 g/mol. The van der Waals surface area contributed by atoms with Gasteiger partial charge in [-0.1, -0.05) is 63.6 Å². The Hall–Kier alpha value is -2.30. The van der Waals surface area contributed by atoms with E-state index in [4.69, 9.17) is 4.74 Å². The Labute approximate surface area is 161 Å². The highest BCUT2D eigenvalue weighted by Crippen LogP contribution is 2.31. The van der Waals surface area contributed by atoms with Crippen LogP contribution in [0, 0.1) is 5.92 Å². The first-order valence-electron chi connectivity index (χ1n) is 10.1. The third kappa shape index (κ3) is 4.90. The number of rotatable bonds is 8. The van der Waals surface area contributed by atoms with Gasteiger partial charge in [-0.25, -0.2) is 4.79 Å². The molecule has 1 aromatic rings. The fourth-order valence-electron chi connectivity index (χ4n) is 4.16. The second-order valence-electron chi connectivity index (χ2n) is 7.63. The summed E-state index contributed by atoms with van der Waals surface area (Å²) in [6.45, 7) is 2.34. The van der Waals surface area contributed by atoms with Gasteiger partial charge < -0.3 is 14.7 Å². The van der Waals surface area contributed by atoms with Crippen molar-refractivity contribution in [2.24, 2.45) is 5.92 Å². The van der Waals surface area contributed by atoms with Crippen molar-refractivity contribution in [3.63, 3.8) is 0 Å². The van der Waals surface area contributed by atoms with Crippen molar-refractivity contribution in [2.45, 2.75) is 64.3 Å². The summed E-state index contributed by atoms with van der Waals surface area (Å²) in [5, 5.41) is 9.71. The molecular formula is C22H29NO4. The van der Waals surface area contributed by atoms with Crippen molar-refractivity contribution in [2.75, 3.05) is 6.54 Å². The van der Waals surface area contributed by atoms with E-state index in [-0.39, 0.29) is 12.5 Å². The van der Waals surface area contributed by atoms with Crippen LogP contribution in [0.3, 0.4) is 0 Å². The maximum atomic E-state index is 12.5. The molecule has 1 saturated carbocycles. The van der Waals surface area contributed by atoms with Crippen molar-refractivity contribution in [3.05, 3.63) is 41.7 Å². The molecule has 1 fully saturated rings. The molecule has 3 rings (SSSR count). The van der Waals surface area contributed by atoms with Crippen molar-refractivity contribution >= 4 is 11.9 Å². The molecule has 1 aliphatic carbocycles. The molecule has 0 aromatic heterocycles. The molecular weight excluding hydrogens is 342 g/mol. The molecule has 1 atom stereocenters. The van der Waals surface area contributed by atoms with Gasteiger partial charge in [-0.15, -0.1) is 0 Å². The molecule has 2 aliphatic rings. The van der Waals surface area contributed by atoms with E-state index >= 15 is 0 Å². The Kier molecular flexibility index (Phi) is 6.54. The monoisotopic (exact) mass is 371 g/mol. The molecule has 1 N–H and O–H groups in total. The highest BCUT2D eigenvalue weighted by atomic mass is 16.5. The third-order valence-corrected chi connectivity index (χ3v) is 5.57. The van der Waals surface area contributed by atoms with Crippen molar-refractivity contribution in [1.29, 1.82) is 0 Å². The summed E-state index contributed by atoms with van der Waals surface area (Å²) in [4.78, 5) is 25.8. The average Bonchev–Trinajstić information content (AvgIpc) is 3.02. The van der Waals surface area contributed by atoms with E-state index in [2.05, 4.69) is 6.92 Å². The van der Waals surface area contributed by atoms with Gasteiger partial charge in [-0.05, 0) is 30.4 Å². The van der Waals surface area contributed by atoms with Crippen LogP contribution in [0.5, 0.6) is 5.75 Å². The van der Waals surface area contributed by atoms with Crippen molar-refractivity contribution in [3.8, 4) is 5.75 Å². The Bertz CT molecular complexity index is 706. The first kappa shape index (κ1) is 19.5. The second-order valence-corrected chi connectivity index (χ2v) is 7.63. The number of benzene rings is 1. The van der Waals surface area contributed by atoms with Gasteiger partial charge in [0.15, 0.2) is 0 Å². The predicted octanol–water partition coefficient (Wildman–Crippen LogP) is 4.17. The van der Waals surface area contributed by atoms with Crippen LogP contribution in [0.4, 0.5) is 0 Å². The molecule has 27 heavy (non-hydrogen) atoms. The number of carbonyl (C=O) groups excluding carboxylic acids is 1. The minimum absolute atomic E-state index is 0.225. The van der Waals surface area contributed by atoms with Crippen LogP contribution in [-0.4, -0.2) is 34.5 Å². The lowest BCUT2D eigenvalue weighted by Gasteiger charge is -2.30. The lowest BCUT2D eigenvalue weighted by Crippen LogP contribution is -2.44. The Morgan fingerprint density at radius 2 is 2.00 bits per heavy atom. The summed E-state index contributed by atoms with van der Waals surface area (Å²) >= 11 is 0. The predicted molar refractivity (Wildman–Crippen MR) is 103 cm³/mol. The molecule has 5 heteroatoms. The van der Waals surface area contributed by atoms with E-state index in [0.717, 1.165) is 49.8 Å². The zero-order valence-corrected chi connectivity index (χ0v) is 16.0. The number of carboxylic acid groups (broad SMARTS) is 1. The van der Waals surface area contributed by atoms with Crippen molar-refractivity contribution in [1.82, 2.24) is 4.90 Å². The zero-order chi connectivity index (χ0) is 19.2. The SMILES string of the molecule is CCCc1ccccc1OC1=CC(=O)N(C(CC2CCCCC2)C(=O)O)C1.